The van der Waals surface area contributed by atoms with Crippen molar-refractivity contribution in [2.45, 2.75) is 54.4 Å². The number of fused-ring (bicyclic) bond motifs is 1. The predicted molar refractivity (Wildman–Crippen MR) is 169 cm³/mol. The van der Waals surface area contributed by atoms with Crippen LogP contribution in [0.15, 0.2) is 58.4 Å². The Hall–Kier alpha value is -4.33. The lowest BCUT2D eigenvalue weighted by atomic mass is 9.96. The Morgan fingerprint density at radius 2 is 1.64 bits per heavy atom. The first kappa shape index (κ1) is 30.6. The molecule has 0 atom stereocenters. The predicted octanol–water partition coefficient (Wildman–Crippen LogP) is 7.22. The van der Waals surface area contributed by atoms with Gasteiger partial charge in [-0.3, -0.25) is 4.79 Å². The van der Waals surface area contributed by atoms with Crippen molar-refractivity contribution in [3.8, 4) is 34.4 Å². The number of hydrogen-bond acceptors (Lipinski definition) is 7. The van der Waals surface area contributed by atoms with Crippen LogP contribution >= 0.6 is 0 Å². The SMILES string of the molecule is CCOc1cc(C)c(-c2nc3ccccc3c(=O)n2N=Cc2cc(OC)c(OCC(C)(C)C)c(OC)c2)cc1C(C)C. The van der Waals surface area contributed by atoms with E-state index in [0.29, 0.717) is 52.8 Å². The van der Waals surface area contributed by atoms with Crippen LogP contribution in [0.5, 0.6) is 23.0 Å². The Morgan fingerprint density at radius 1 is 0.976 bits per heavy atom. The molecule has 0 saturated heterocycles. The maximum absolute atomic E-state index is 13.8. The molecule has 3 aromatic carbocycles. The number of aryl methyl sites for hydroxylation is 1. The molecule has 4 rings (SSSR count). The van der Waals surface area contributed by atoms with Crippen molar-refractivity contribution in [2.75, 3.05) is 27.4 Å². The molecule has 0 fully saturated rings. The van der Waals surface area contributed by atoms with Crippen molar-refractivity contribution < 1.29 is 18.9 Å². The molecule has 1 heterocycles. The molecule has 0 N–H and O–H groups in total. The van der Waals surface area contributed by atoms with Crippen molar-refractivity contribution in [3.63, 3.8) is 0 Å². The molecule has 0 saturated carbocycles. The van der Waals surface area contributed by atoms with E-state index in [1.54, 1.807) is 26.5 Å². The summed E-state index contributed by atoms with van der Waals surface area (Å²) in [7, 11) is 3.16. The molecule has 8 heteroatoms. The van der Waals surface area contributed by atoms with Gasteiger partial charge in [-0.15, -0.1) is 0 Å². The zero-order chi connectivity index (χ0) is 30.6. The van der Waals surface area contributed by atoms with E-state index < -0.39 is 0 Å². The summed E-state index contributed by atoms with van der Waals surface area (Å²) in [6, 6.07) is 15.0. The molecule has 0 aliphatic heterocycles. The third-order valence-corrected chi connectivity index (χ3v) is 6.73. The van der Waals surface area contributed by atoms with Crippen molar-refractivity contribution >= 4 is 17.1 Å². The van der Waals surface area contributed by atoms with Gasteiger partial charge >= 0.3 is 0 Å². The van der Waals surface area contributed by atoms with Gasteiger partial charge in [-0.2, -0.15) is 9.78 Å². The van der Waals surface area contributed by atoms with Crippen molar-refractivity contribution in [2.24, 2.45) is 10.5 Å². The Labute approximate surface area is 247 Å². The molecule has 0 aliphatic carbocycles. The van der Waals surface area contributed by atoms with Crippen LogP contribution in [-0.4, -0.2) is 43.3 Å². The van der Waals surface area contributed by atoms with E-state index >= 15 is 0 Å². The zero-order valence-electron chi connectivity index (χ0n) is 26.1. The van der Waals surface area contributed by atoms with Crippen LogP contribution in [0.1, 0.15) is 64.2 Å². The van der Waals surface area contributed by atoms with E-state index in [1.165, 1.54) is 4.68 Å². The number of para-hydroxylation sites is 1. The number of ether oxygens (including phenoxy) is 4. The quantitative estimate of drug-likeness (QED) is 0.187. The molecule has 1 aromatic heterocycles. The molecule has 0 amide bonds. The lowest BCUT2D eigenvalue weighted by Gasteiger charge is -2.21. The molecular formula is C34H41N3O5. The van der Waals surface area contributed by atoms with Crippen molar-refractivity contribution in [1.82, 2.24) is 9.66 Å². The fourth-order valence-electron chi connectivity index (χ4n) is 4.61. The minimum atomic E-state index is -0.268. The van der Waals surface area contributed by atoms with Gasteiger partial charge < -0.3 is 18.9 Å². The van der Waals surface area contributed by atoms with Gasteiger partial charge in [0.15, 0.2) is 17.3 Å². The molecule has 0 radical (unpaired) electrons. The number of benzene rings is 3. The lowest BCUT2D eigenvalue weighted by Crippen LogP contribution is -2.21. The first-order valence-corrected chi connectivity index (χ1v) is 14.2. The largest absolute Gasteiger partial charge is 0.494 e. The third kappa shape index (κ3) is 6.59. The number of aromatic nitrogens is 2. The smallest absolute Gasteiger partial charge is 0.282 e. The summed E-state index contributed by atoms with van der Waals surface area (Å²) in [6.45, 7) is 15.5. The minimum Gasteiger partial charge on any atom is -0.494 e. The summed E-state index contributed by atoms with van der Waals surface area (Å²) in [5.74, 6) is 3.01. The Bertz CT molecular complexity index is 1640. The highest BCUT2D eigenvalue weighted by atomic mass is 16.5. The second-order valence-corrected chi connectivity index (χ2v) is 11.7. The van der Waals surface area contributed by atoms with Crippen LogP contribution in [0.2, 0.25) is 0 Å². The van der Waals surface area contributed by atoms with Gasteiger partial charge in [-0.25, -0.2) is 4.98 Å². The van der Waals surface area contributed by atoms with Gasteiger partial charge in [0.05, 0.1) is 44.6 Å². The molecule has 0 unspecified atom stereocenters. The molecule has 4 aromatic rings. The summed E-state index contributed by atoms with van der Waals surface area (Å²) in [4.78, 5) is 18.8. The molecule has 8 nitrogen and oxygen atoms in total. The number of methoxy groups -OCH3 is 2. The number of hydrogen-bond donors (Lipinski definition) is 0. The molecule has 0 bridgehead atoms. The van der Waals surface area contributed by atoms with E-state index in [-0.39, 0.29) is 16.9 Å². The first-order chi connectivity index (χ1) is 20.0. The summed E-state index contributed by atoms with van der Waals surface area (Å²) in [5.41, 5.74) is 3.73. The van der Waals surface area contributed by atoms with Crippen LogP contribution in [0, 0.1) is 12.3 Å². The van der Waals surface area contributed by atoms with Crippen LogP contribution < -0.4 is 24.5 Å². The second-order valence-electron chi connectivity index (χ2n) is 11.7. The maximum Gasteiger partial charge on any atom is 0.282 e. The zero-order valence-corrected chi connectivity index (χ0v) is 26.1. The summed E-state index contributed by atoms with van der Waals surface area (Å²) >= 11 is 0. The standard InChI is InChI=1S/C34H41N3O5/c1-10-41-28-15-22(4)26(18-25(28)21(2)3)32-36-27-14-12-11-13-24(27)33(38)37(32)35-19-23-16-29(39-8)31(30(17-23)40-9)42-20-34(5,6)7/h11-19,21H,10,20H2,1-9H3. The normalized spacial score (nSPS) is 11.9. The highest BCUT2D eigenvalue weighted by Crippen LogP contribution is 2.39. The Balaban J connectivity index is 1.90. The fraction of sp³-hybridized carbons (Fsp3) is 0.382. The van der Waals surface area contributed by atoms with Crippen molar-refractivity contribution in [3.05, 3.63) is 75.6 Å². The average molecular weight is 572 g/mol. The van der Waals surface area contributed by atoms with E-state index in [2.05, 4.69) is 45.8 Å². The maximum atomic E-state index is 13.8. The van der Waals surface area contributed by atoms with Gasteiger partial charge in [-0.05, 0) is 72.7 Å². The van der Waals surface area contributed by atoms with E-state index in [1.807, 2.05) is 50.2 Å². The van der Waals surface area contributed by atoms with Gasteiger partial charge in [-0.1, -0.05) is 46.8 Å². The minimum absolute atomic E-state index is 0.0504. The van der Waals surface area contributed by atoms with Crippen LogP contribution in [0.3, 0.4) is 0 Å². The average Bonchev–Trinajstić information content (AvgIpc) is 2.95. The van der Waals surface area contributed by atoms with E-state index in [0.717, 1.165) is 22.4 Å². The van der Waals surface area contributed by atoms with Gasteiger partial charge in [0.25, 0.3) is 5.56 Å². The van der Waals surface area contributed by atoms with Crippen molar-refractivity contribution in [1.29, 1.82) is 0 Å². The van der Waals surface area contributed by atoms with Gasteiger partial charge in [0.2, 0.25) is 5.75 Å². The van der Waals surface area contributed by atoms with Crippen LogP contribution in [-0.2, 0) is 0 Å². The highest BCUT2D eigenvalue weighted by molar-refractivity contribution is 5.84. The van der Waals surface area contributed by atoms with E-state index in [9.17, 15) is 4.79 Å². The summed E-state index contributed by atoms with van der Waals surface area (Å²) < 4.78 is 24.7. The highest BCUT2D eigenvalue weighted by Gasteiger charge is 2.20. The monoisotopic (exact) mass is 571 g/mol. The van der Waals surface area contributed by atoms with Crippen LogP contribution in [0.25, 0.3) is 22.3 Å². The lowest BCUT2D eigenvalue weighted by molar-refractivity contribution is 0.184. The summed E-state index contributed by atoms with van der Waals surface area (Å²) in [5, 5.41) is 5.15. The summed E-state index contributed by atoms with van der Waals surface area (Å²) in [6.07, 6.45) is 1.60. The third-order valence-electron chi connectivity index (χ3n) is 6.73. The number of rotatable bonds is 10. The number of nitrogens with zero attached hydrogens (tertiary/aromatic N) is 3. The first-order valence-electron chi connectivity index (χ1n) is 14.2. The topological polar surface area (TPSA) is 84.2 Å². The molecule has 0 aliphatic rings. The van der Waals surface area contributed by atoms with Gasteiger partial charge in [0, 0.05) is 11.1 Å². The molecule has 0 spiro atoms. The van der Waals surface area contributed by atoms with Crippen LogP contribution in [0.4, 0.5) is 0 Å². The molecule has 222 valence electrons. The molecular weight excluding hydrogens is 530 g/mol. The fourth-order valence-corrected chi connectivity index (χ4v) is 4.61. The van der Waals surface area contributed by atoms with E-state index in [4.69, 9.17) is 23.9 Å². The molecule has 42 heavy (non-hydrogen) atoms. The Morgan fingerprint density at radius 3 is 2.24 bits per heavy atom. The Kier molecular flexibility index (Phi) is 9.24. The van der Waals surface area contributed by atoms with Gasteiger partial charge in [0.1, 0.15) is 5.75 Å². The second kappa shape index (κ2) is 12.7.